The molecule has 0 amide bonds. The first-order valence-corrected chi connectivity index (χ1v) is 44.3. The molecule has 0 radical (unpaired) electrons. The number of fused-ring (bicyclic) bond motifs is 2. The Kier molecular flexibility index (Phi) is 35.9. The fourth-order valence-electron chi connectivity index (χ4n) is 15.6. The number of ether oxygens (including phenoxy) is 2. The van der Waals surface area contributed by atoms with Crippen molar-refractivity contribution >= 4 is 74.7 Å². The molecule has 1 aliphatic heterocycles. The minimum Gasteiger partial charge on any atom is -0.507 e. The van der Waals surface area contributed by atoms with Gasteiger partial charge in [0.1, 0.15) is 75.1 Å². The maximum atomic E-state index is 14.2. The number of phenolic OH excluding ortho intramolecular Hbond substituents is 1. The highest BCUT2D eigenvalue weighted by Gasteiger charge is 2.34. The summed E-state index contributed by atoms with van der Waals surface area (Å²) in [5.41, 5.74) is 11.5. The van der Waals surface area contributed by atoms with E-state index in [0.29, 0.717) is 44.5 Å². The molecule has 18 heteroatoms. The number of hydrogen-bond donors (Lipinski definition) is 1. The van der Waals surface area contributed by atoms with Crippen molar-refractivity contribution in [3.8, 4) is 45.3 Å². The third-order valence-electron chi connectivity index (χ3n) is 23.3. The molecule has 1 aliphatic carbocycles. The van der Waals surface area contributed by atoms with Gasteiger partial charge in [-0.05, 0) is 181 Å². The predicted octanol–water partition coefficient (Wildman–Crippen LogP) is 26.2. The van der Waals surface area contributed by atoms with Gasteiger partial charge in [-0.25, -0.2) is 13.2 Å². The van der Waals surface area contributed by atoms with Crippen LogP contribution in [0.1, 0.15) is 229 Å². The molecule has 2 aliphatic rings. The zero-order valence-electron chi connectivity index (χ0n) is 76.3. The Labute approximate surface area is 756 Å². The number of ketones is 8. The first-order chi connectivity index (χ1) is 60.9. The van der Waals surface area contributed by atoms with Crippen LogP contribution in [0.15, 0.2) is 249 Å². The number of aromatic nitrogens is 2. The van der Waals surface area contributed by atoms with Crippen LogP contribution in [0.5, 0.6) is 23.0 Å². The molecule has 10 aromatic carbocycles. The van der Waals surface area contributed by atoms with Gasteiger partial charge in [-0.1, -0.05) is 249 Å². The van der Waals surface area contributed by atoms with Crippen LogP contribution < -0.4 is 9.47 Å². The number of halogens is 4. The van der Waals surface area contributed by atoms with Gasteiger partial charge in [0.05, 0.1) is 29.8 Å². The normalized spacial score (nSPS) is 13.9. The quantitative estimate of drug-likeness (QED) is 0.0503. The zero-order valence-corrected chi connectivity index (χ0v) is 77.1. The van der Waals surface area contributed by atoms with Gasteiger partial charge in [0, 0.05) is 129 Å². The van der Waals surface area contributed by atoms with Crippen molar-refractivity contribution in [1.82, 2.24) is 9.13 Å². The molecule has 668 valence electrons. The van der Waals surface area contributed by atoms with Crippen molar-refractivity contribution < 1.29 is 70.9 Å². The maximum absolute atomic E-state index is 14.2. The van der Waals surface area contributed by atoms with Gasteiger partial charge >= 0.3 is 0 Å². The number of benzene rings is 10. The van der Waals surface area contributed by atoms with E-state index in [0.717, 1.165) is 112 Å². The van der Waals surface area contributed by atoms with Crippen molar-refractivity contribution in [1.29, 1.82) is 0 Å². The van der Waals surface area contributed by atoms with Crippen molar-refractivity contribution in [3.05, 3.63) is 333 Å². The standard InChI is InChI=1S/C22H22ClNO3.C18H19FO.C18H19NO2.C18H24O2.C18H20O2.C16H14F2O2/c1-13(2)21(25)12-18-14(3)24(20-10-9-17(27-4)11-19(18)20)22(26)15-5-7-16(23)8-6-15;1-12(2)18(20)13(3)15-9-10-16(17(19)11-15)14-7-5-4-6-8-14;1-12(2)17(20)14-10-11-19-15(14)8-9-16(19)18(21)13-6-4-3-5-7-13;1-12(2)18(20)13(3)15-9-7-14(8-10-15)11-16-5-4-6-17(16)19;1-13(2)18(19)14(3)15-8-7-11-17(12-15)20-16-9-5-4-6-10-16;1-9(2)16(20)13-7-10(3-6-15(13)19)12-5-4-11(17)8-14(12)18/h5-11,13H,12H2,1-4H3;4-13H,1-3H3;3-9,12,14H,10-11H2,1-2H3;7-10,12-13,16H,4-6,11H2,1-3H3;4-14H,1-3H3;3-9,19H,1-2H3. The molecular weight excluding hydrogens is 1630 g/mol. The van der Waals surface area contributed by atoms with Gasteiger partial charge in [-0.15, -0.1) is 0 Å². The number of para-hydroxylation sites is 1. The Bertz CT molecular complexity index is 5870. The third-order valence-corrected chi connectivity index (χ3v) is 23.6. The first-order valence-electron chi connectivity index (χ1n) is 44.0. The smallest absolute Gasteiger partial charge is 0.262 e. The van der Waals surface area contributed by atoms with Gasteiger partial charge in [-0.2, -0.15) is 0 Å². The Hall–Kier alpha value is -12.5. The van der Waals surface area contributed by atoms with E-state index in [4.69, 9.17) is 21.1 Å². The molecule has 12 aromatic rings. The molecule has 1 saturated carbocycles. The number of rotatable bonds is 26. The molecule has 14 nitrogen and oxygen atoms in total. The molecule has 1 N–H and O–H groups in total. The van der Waals surface area contributed by atoms with Crippen molar-refractivity contribution in [3.63, 3.8) is 0 Å². The van der Waals surface area contributed by atoms with Crippen LogP contribution in [0.3, 0.4) is 0 Å². The number of phenols is 1. The van der Waals surface area contributed by atoms with Gasteiger partial charge in [0.25, 0.3) is 5.91 Å². The Morgan fingerprint density at radius 3 is 1.60 bits per heavy atom. The SMILES string of the molecule is CC(C)C(=O)C(C)c1ccc(-c2ccccc2)c(F)c1.CC(C)C(=O)C(C)c1ccc(CC2CCCC2=O)cc1.CC(C)C(=O)C(C)c1cccc(Oc2ccccc2)c1.CC(C)C(=O)C1CCn2c(C(=O)c3ccccc3)ccc21.CC(C)C(=O)c1cc(-c2ccc(F)cc2F)ccc1O.COc1ccc2c(c1)c(CC(=O)C(C)C)c(C)n2C(=O)c1ccc(Cl)cc1. The minimum absolute atomic E-state index is 0.0273. The summed E-state index contributed by atoms with van der Waals surface area (Å²) in [5, 5.41) is 11.2. The molecule has 14 rings (SSSR count). The van der Waals surface area contributed by atoms with E-state index < -0.39 is 11.6 Å². The Balaban J connectivity index is 0.000000174. The molecule has 2 aromatic heterocycles. The van der Waals surface area contributed by atoms with Crippen LogP contribution in [0.2, 0.25) is 5.02 Å². The Morgan fingerprint density at radius 2 is 1.05 bits per heavy atom. The van der Waals surface area contributed by atoms with E-state index in [2.05, 4.69) is 12.1 Å². The number of aromatic hydroxyl groups is 1. The van der Waals surface area contributed by atoms with Gasteiger partial charge < -0.3 is 19.1 Å². The van der Waals surface area contributed by atoms with E-state index in [9.17, 15) is 61.4 Å². The summed E-state index contributed by atoms with van der Waals surface area (Å²) >= 11 is 5.94. The number of Topliss-reactive ketones (excluding diaryl/α,β-unsaturated/α-hetero) is 7. The summed E-state index contributed by atoms with van der Waals surface area (Å²) in [7, 11) is 1.60. The highest BCUT2D eigenvalue weighted by Crippen LogP contribution is 2.38. The van der Waals surface area contributed by atoms with E-state index >= 15 is 0 Å². The second-order valence-corrected chi connectivity index (χ2v) is 35.0. The van der Waals surface area contributed by atoms with Crippen molar-refractivity contribution in [2.75, 3.05) is 7.11 Å². The zero-order chi connectivity index (χ0) is 93.5. The lowest BCUT2D eigenvalue weighted by molar-refractivity contribution is -0.124. The highest BCUT2D eigenvalue weighted by atomic mass is 35.5. The number of nitrogens with zero attached hydrogens (tertiary/aromatic N) is 2. The van der Waals surface area contributed by atoms with Crippen molar-refractivity contribution in [2.24, 2.45) is 41.4 Å². The molecular formula is C110H118ClF3N2O12. The number of methoxy groups -OCH3 is 1. The lowest BCUT2D eigenvalue weighted by Crippen LogP contribution is -2.16. The number of hydrogen-bond acceptors (Lipinski definition) is 12. The number of carbonyl (C=O) groups is 9. The van der Waals surface area contributed by atoms with Crippen LogP contribution in [-0.4, -0.2) is 73.5 Å². The minimum atomic E-state index is -0.710. The van der Waals surface area contributed by atoms with Crippen LogP contribution >= 0.6 is 11.6 Å². The lowest BCUT2D eigenvalue weighted by atomic mass is 9.89. The Morgan fingerprint density at radius 1 is 0.492 bits per heavy atom. The molecule has 128 heavy (non-hydrogen) atoms. The van der Waals surface area contributed by atoms with Gasteiger partial charge in [-0.3, -0.25) is 47.7 Å². The lowest BCUT2D eigenvalue weighted by Gasteiger charge is -2.14. The van der Waals surface area contributed by atoms with Gasteiger partial charge in [0.2, 0.25) is 5.78 Å². The predicted molar refractivity (Wildman–Crippen MR) is 504 cm³/mol. The third kappa shape index (κ3) is 25.9. The molecule has 1 fully saturated rings. The maximum Gasteiger partial charge on any atom is 0.262 e. The van der Waals surface area contributed by atoms with Crippen LogP contribution in [0, 0.1) is 65.8 Å². The summed E-state index contributed by atoms with van der Waals surface area (Å²) in [5.74, 6) is 1.10. The van der Waals surface area contributed by atoms with E-state index in [-0.39, 0.29) is 141 Å². The fourth-order valence-corrected chi connectivity index (χ4v) is 15.8. The summed E-state index contributed by atoms with van der Waals surface area (Å²) in [6.45, 7) is 30.9. The molecule has 5 unspecified atom stereocenters. The average molecular weight is 1750 g/mol. The summed E-state index contributed by atoms with van der Waals surface area (Å²) in [6.07, 6.45) is 4.77. The van der Waals surface area contributed by atoms with Crippen LogP contribution in [0.25, 0.3) is 33.2 Å². The molecule has 0 spiro atoms. The van der Waals surface area contributed by atoms with E-state index in [1.165, 1.54) is 35.9 Å². The number of carbonyl (C=O) groups excluding carboxylic acids is 9. The largest absolute Gasteiger partial charge is 0.507 e. The van der Waals surface area contributed by atoms with Crippen molar-refractivity contribution in [2.45, 2.75) is 180 Å². The van der Waals surface area contributed by atoms with Gasteiger partial charge in [0.15, 0.2) is 5.78 Å². The molecule has 5 atom stereocenters. The molecule has 0 saturated heterocycles. The van der Waals surface area contributed by atoms with Crippen LogP contribution in [-0.2, 0) is 48.2 Å². The second kappa shape index (κ2) is 46.3. The van der Waals surface area contributed by atoms with E-state index in [1.54, 1.807) is 55.9 Å². The monoisotopic (exact) mass is 1750 g/mol. The summed E-state index contributed by atoms with van der Waals surface area (Å²) in [6, 6.07) is 73.1. The highest BCUT2D eigenvalue weighted by molar-refractivity contribution is 6.30. The molecule has 0 bridgehead atoms. The van der Waals surface area contributed by atoms with E-state index in [1.807, 2.05) is 265 Å². The first kappa shape index (κ1) is 99.3. The second-order valence-electron chi connectivity index (χ2n) is 34.6. The summed E-state index contributed by atoms with van der Waals surface area (Å²) in [4.78, 5) is 110. The topological polar surface area (TPSA) is 202 Å². The molecule has 3 heterocycles. The summed E-state index contributed by atoms with van der Waals surface area (Å²) < 4.78 is 55.7. The van der Waals surface area contributed by atoms with Crippen LogP contribution in [0.4, 0.5) is 13.2 Å². The average Bonchev–Trinajstić information content (AvgIpc) is 1.60. The fraction of sp³-hybridized carbons (Fsp3) is 0.318.